The first-order chi connectivity index (χ1) is 12.6. The minimum atomic E-state index is -0.740. The Labute approximate surface area is 164 Å². The van der Waals surface area contributed by atoms with Crippen molar-refractivity contribution in [1.29, 1.82) is 0 Å². The number of carbonyl (C=O) groups excluding carboxylic acids is 1. The molecule has 0 aliphatic carbocycles. The third-order valence-electron chi connectivity index (χ3n) is 5.03. The lowest BCUT2D eigenvalue weighted by Gasteiger charge is -2.43. The molecule has 27 heavy (non-hydrogen) atoms. The lowest BCUT2D eigenvalue weighted by molar-refractivity contribution is -0.0945. The van der Waals surface area contributed by atoms with Crippen LogP contribution in [0, 0.1) is 0 Å². The Morgan fingerprint density at radius 2 is 2.15 bits per heavy atom. The Morgan fingerprint density at radius 1 is 1.41 bits per heavy atom. The number of aromatic amines is 1. The summed E-state index contributed by atoms with van der Waals surface area (Å²) in [5.41, 5.74) is -0.312. The zero-order valence-corrected chi connectivity index (χ0v) is 17.3. The number of fused-ring (bicyclic) bond motifs is 3. The maximum atomic E-state index is 13.1. The van der Waals surface area contributed by atoms with Crippen molar-refractivity contribution in [3.05, 3.63) is 26.3 Å². The molecule has 0 unspecified atom stereocenters. The molecule has 4 rings (SSSR count). The summed E-state index contributed by atoms with van der Waals surface area (Å²) in [7, 11) is 0. The molecule has 2 aromatic rings. The number of aromatic nitrogens is 4. The Bertz CT molecular complexity index is 978. The molecule has 4 heterocycles. The molecule has 2 aromatic heterocycles. The summed E-state index contributed by atoms with van der Waals surface area (Å²) in [6.45, 7) is 8.20. The summed E-state index contributed by atoms with van der Waals surface area (Å²) in [6, 6.07) is -0.131. The minimum Gasteiger partial charge on any atom is -0.444 e. The molecule has 1 amide bonds. The Hall–Kier alpha value is -1.94. The number of carbonyl (C=O) groups is 1. The largest absolute Gasteiger partial charge is 0.444 e. The van der Waals surface area contributed by atoms with Crippen molar-refractivity contribution >= 4 is 27.8 Å². The molecular weight excluding hydrogens is 418 g/mol. The highest BCUT2D eigenvalue weighted by Crippen LogP contribution is 2.44. The zero-order valence-electron chi connectivity index (χ0n) is 15.7. The van der Waals surface area contributed by atoms with Crippen LogP contribution in [0.15, 0.2) is 9.53 Å². The molecule has 146 valence electrons. The molecule has 1 fully saturated rings. The fraction of sp³-hybridized carbons (Fsp3) is 0.647. The summed E-state index contributed by atoms with van der Waals surface area (Å²) in [5, 5.41) is 2.85. The minimum absolute atomic E-state index is 0.131. The summed E-state index contributed by atoms with van der Waals surface area (Å²) in [4.78, 5) is 35.9. The van der Waals surface area contributed by atoms with Gasteiger partial charge in [0.05, 0.1) is 17.9 Å². The number of amides is 1. The predicted molar refractivity (Wildman–Crippen MR) is 99.4 cm³/mol. The smallest absolute Gasteiger partial charge is 0.410 e. The molecule has 0 bridgehead atoms. The van der Waals surface area contributed by atoms with Gasteiger partial charge < -0.3 is 14.4 Å². The van der Waals surface area contributed by atoms with Gasteiger partial charge in [0.25, 0.3) is 11.3 Å². The van der Waals surface area contributed by atoms with Gasteiger partial charge in [0.2, 0.25) is 0 Å². The predicted octanol–water partition coefficient (Wildman–Crippen LogP) is 2.33. The molecule has 2 atom stereocenters. The monoisotopic (exact) mass is 439 g/mol. The van der Waals surface area contributed by atoms with Crippen molar-refractivity contribution < 1.29 is 14.3 Å². The molecule has 9 nitrogen and oxygen atoms in total. The number of nitrogens with one attached hydrogen (secondary N) is 1. The van der Waals surface area contributed by atoms with Crippen LogP contribution < -0.4 is 5.56 Å². The van der Waals surface area contributed by atoms with Crippen LogP contribution in [0.25, 0.3) is 5.78 Å². The molecule has 0 radical (unpaired) electrons. The quantitative estimate of drug-likeness (QED) is 0.675. The molecule has 0 saturated carbocycles. The molecule has 1 N–H and O–H groups in total. The summed E-state index contributed by atoms with van der Waals surface area (Å²) >= 11 is 3.24. The van der Waals surface area contributed by atoms with Crippen LogP contribution in [-0.4, -0.2) is 48.8 Å². The highest BCUT2D eigenvalue weighted by Gasteiger charge is 2.49. The molecule has 2 aliphatic heterocycles. The number of hydrogen-bond acceptors (Lipinski definition) is 6. The number of hydrogen-bond donors (Lipinski definition) is 1. The van der Waals surface area contributed by atoms with E-state index in [1.165, 1.54) is 4.52 Å². The van der Waals surface area contributed by atoms with Gasteiger partial charge in [0, 0.05) is 19.0 Å². The lowest BCUT2D eigenvalue weighted by Crippen LogP contribution is -2.52. The third-order valence-corrected chi connectivity index (χ3v) is 5.38. The topological polar surface area (TPSA) is 102 Å². The van der Waals surface area contributed by atoms with Crippen LogP contribution in [0.5, 0.6) is 0 Å². The Morgan fingerprint density at radius 3 is 2.81 bits per heavy atom. The van der Waals surface area contributed by atoms with Crippen LogP contribution in [0.2, 0.25) is 0 Å². The maximum Gasteiger partial charge on any atom is 0.410 e. The lowest BCUT2D eigenvalue weighted by atomic mass is 9.82. The number of ether oxygens (including phenoxy) is 2. The molecule has 1 spiro atoms. The van der Waals surface area contributed by atoms with E-state index in [1.807, 2.05) is 27.7 Å². The van der Waals surface area contributed by atoms with Gasteiger partial charge in [-0.15, -0.1) is 0 Å². The Kier molecular flexibility index (Phi) is 4.12. The van der Waals surface area contributed by atoms with Crippen molar-refractivity contribution in [2.24, 2.45) is 0 Å². The van der Waals surface area contributed by atoms with E-state index in [4.69, 9.17) is 9.47 Å². The van der Waals surface area contributed by atoms with Crippen molar-refractivity contribution in [3.8, 4) is 0 Å². The average molecular weight is 440 g/mol. The van der Waals surface area contributed by atoms with Crippen molar-refractivity contribution in [1.82, 2.24) is 24.5 Å². The highest BCUT2D eigenvalue weighted by molar-refractivity contribution is 9.10. The second kappa shape index (κ2) is 6.03. The van der Waals surface area contributed by atoms with E-state index >= 15 is 0 Å². The number of H-pyrrole nitrogens is 1. The van der Waals surface area contributed by atoms with Gasteiger partial charge in [-0.05, 0) is 50.0 Å². The number of rotatable bonds is 0. The van der Waals surface area contributed by atoms with Crippen molar-refractivity contribution in [2.75, 3.05) is 6.54 Å². The average Bonchev–Trinajstić information content (AvgIpc) is 3.07. The summed E-state index contributed by atoms with van der Waals surface area (Å²) in [5.74, 6) is 0.311. The number of likely N-dealkylation sites (tertiary alicyclic amines) is 1. The first-order valence-corrected chi connectivity index (χ1v) is 9.70. The fourth-order valence-electron chi connectivity index (χ4n) is 3.94. The summed E-state index contributed by atoms with van der Waals surface area (Å²) < 4.78 is 13.4. The van der Waals surface area contributed by atoms with Crippen molar-refractivity contribution in [2.45, 2.75) is 64.4 Å². The van der Waals surface area contributed by atoms with Gasteiger partial charge in [-0.1, -0.05) is 0 Å². The second-order valence-electron chi connectivity index (χ2n) is 8.15. The molecule has 1 saturated heterocycles. The van der Waals surface area contributed by atoms with Gasteiger partial charge in [0.1, 0.15) is 11.2 Å². The van der Waals surface area contributed by atoms with E-state index in [2.05, 4.69) is 31.0 Å². The third kappa shape index (κ3) is 3.04. The van der Waals surface area contributed by atoms with Crippen molar-refractivity contribution in [3.63, 3.8) is 0 Å². The molecule has 10 heteroatoms. The summed E-state index contributed by atoms with van der Waals surface area (Å²) in [6.07, 6.45) is 0.685. The molecule has 0 aromatic carbocycles. The van der Waals surface area contributed by atoms with Gasteiger partial charge in [0.15, 0.2) is 4.73 Å². The maximum absolute atomic E-state index is 13.1. The van der Waals surface area contributed by atoms with E-state index in [0.717, 1.165) is 0 Å². The van der Waals surface area contributed by atoms with Crippen LogP contribution in [0.1, 0.15) is 51.8 Å². The van der Waals surface area contributed by atoms with Gasteiger partial charge >= 0.3 is 6.09 Å². The van der Waals surface area contributed by atoms with E-state index < -0.39 is 11.2 Å². The van der Waals surface area contributed by atoms with Crippen LogP contribution in [0.3, 0.4) is 0 Å². The molecule has 2 aliphatic rings. The van der Waals surface area contributed by atoms with Gasteiger partial charge in [-0.25, -0.2) is 9.78 Å². The second-order valence-corrected chi connectivity index (χ2v) is 8.90. The van der Waals surface area contributed by atoms with E-state index in [9.17, 15) is 9.59 Å². The van der Waals surface area contributed by atoms with Crippen LogP contribution in [-0.2, 0) is 21.7 Å². The van der Waals surface area contributed by atoms with Gasteiger partial charge in [-0.2, -0.15) is 9.50 Å². The standard InChI is InChI=1S/C17H22BrN5O4/c1-9-7-17(5-6-22(9)15(25)27-16(2,3)4)11-10(8-26-17)19-14-20-13(18)21-23(14)12(11)24/h9H,5-8H2,1-4H3,(H,19,20,21)/t9-,17+/m0/s1. The number of halogens is 1. The zero-order chi connectivity index (χ0) is 19.6. The van der Waals surface area contributed by atoms with E-state index in [1.54, 1.807) is 4.90 Å². The van der Waals surface area contributed by atoms with Crippen LogP contribution in [0.4, 0.5) is 4.79 Å². The first-order valence-electron chi connectivity index (χ1n) is 8.91. The normalized spacial score (nSPS) is 25.2. The van der Waals surface area contributed by atoms with E-state index in [0.29, 0.717) is 41.2 Å². The number of piperidine rings is 1. The van der Waals surface area contributed by atoms with Crippen LogP contribution >= 0.6 is 15.9 Å². The highest BCUT2D eigenvalue weighted by atomic mass is 79.9. The fourth-order valence-corrected chi connectivity index (χ4v) is 4.27. The number of nitrogens with zero attached hydrogens (tertiary/aromatic N) is 4. The van der Waals surface area contributed by atoms with Gasteiger partial charge in [-0.3, -0.25) is 9.89 Å². The van der Waals surface area contributed by atoms with E-state index in [-0.39, 0.29) is 24.3 Å². The first kappa shape index (κ1) is 18.4. The molecular formula is C17H22BrN5O4. The Balaban J connectivity index is 1.66. The SMILES string of the molecule is C[C@H]1C[C@@]2(CCN1C(=O)OC(C)(C)C)OCc1nc3nc(Br)[nH]n3c(=O)c12.